The monoisotopic (exact) mass is 481 g/mol. The number of thioether (sulfide) groups is 1. The maximum absolute atomic E-state index is 12.9. The van der Waals surface area contributed by atoms with Crippen LogP contribution in [0.4, 0.5) is 4.79 Å². The SMILES string of the molecule is Cc1ccc(OCCN2C(=O)S/C(=C\c3ccccc3Sc3ccc(Cl)cc3)C2=O)cc1. The number of benzene rings is 3. The first kappa shape index (κ1) is 22.5. The first-order valence-corrected chi connectivity index (χ1v) is 12.0. The van der Waals surface area contributed by atoms with E-state index in [0.717, 1.165) is 32.7 Å². The maximum atomic E-state index is 12.9. The van der Waals surface area contributed by atoms with E-state index in [-0.39, 0.29) is 24.3 Å². The van der Waals surface area contributed by atoms with Crippen LogP contribution in [-0.4, -0.2) is 29.2 Å². The quantitative estimate of drug-likeness (QED) is 0.343. The second-order valence-corrected chi connectivity index (χ2v) is 9.63. The van der Waals surface area contributed by atoms with E-state index in [4.69, 9.17) is 16.3 Å². The van der Waals surface area contributed by atoms with Crippen LogP contribution in [0.2, 0.25) is 5.02 Å². The minimum Gasteiger partial charge on any atom is -0.492 e. The summed E-state index contributed by atoms with van der Waals surface area (Å²) < 4.78 is 5.68. The van der Waals surface area contributed by atoms with E-state index >= 15 is 0 Å². The van der Waals surface area contributed by atoms with Crippen molar-refractivity contribution in [1.29, 1.82) is 0 Å². The van der Waals surface area contributed by atoms with Gasteiger partial charge in [0.05, 0.1) is 11.4 Å². The number of aryl methyl sites for hydroxylation is 1. The molecule has 1 fully saturated rings. The fraction of sp³-hybridized carbons (Fsp3) is 0.120. The van der Waals surface area contributed by atoms with Crippen LogP contribution in [-0.2, 0) is 4.79 Å². The van der Waals surface area contributed by atoms with Crippen LogP contribution >= 0.6 is 35.1 Å². The molecule has 2 amide bonds. The van der Waals surface area contributed by atoms with Crippen LogP contribution in [0, 0.1) is 6.92 Å². The highest BCUT2D eigenvalue weighted by Gasteiger charge is 2.34. The largest absolute Gasteiger partial charge is 0.492 e. The lowest BCUT2D eigenvalue weighted by atomic mass is 10.2. The second-order valence-electron chi connectivity index (χ2n) is 7.09. The van der Waals surface area contributed by atoms with E-state index in [0.29, 0.717) is 15.7 Å². The molecule has 0 atom stereocenters. The van der Waals surface area contributed by atoms with Crippen LogP contribution in [0.1, 0.15) is 11.1 Å². The summed E-state index contributed by atoms with van der Waals surface area (Å²) in [6.07, 6.45) is 1.78. The molecular formula is C25H20ClNO3S2. The van der Waals surface area contributed by atoms with E-state index in [9.17, 15) is 9.59 Å². The van der Waals surface area contributed by atoms with Gasteiger partial charge < -0.3 is 4.74 Å². The minimum absolute atomic E-state index is 0.205. The van der Waals surface area contributed by atoms with Gasteiger partial charge in [0.1, 0.15) is 12.4 Å². The van der Waals surface area contributed by atoms with Gasteiger partial charge >= 0.3 is 0 Å². The third-order valence-electron chi connectivity index (χ3n) is 4.73. The Hall–Kier alpha value is -2.67. The Balaban J connectivity index is 1.44. The Morgan fingerprint density at radius 1 is 1.00 bits per heavy atom. The fourth-order valence-electron chi connectivity index (χ4n) is 3.05. The zero-order valence-corrected chi connectivity index (χ0v) is 19.7. The molecule has 0 N–H and O–H groups in total. The summed E-state index contributed by atoms with van der Waals surface area (Å²) in [6, 6.07) is 23.0. The lowest BCUT2D eigenvalue weighted by Crippen LogP contribution is -2.32. The lowest BCUT2D eigenvalue weighted by Gasteiger charge is -2.13. The first-order valence-electron chi connectivity index (χ1n) is 9.97. The second kappa shape index (κ2) is 10.3. The molecule has 1 heterocycles. The van der Waals surface area contributed by atoms with Crippen LogP contribution in [0.3, 0.4) is 0 Å². The van der Waals surface area contributed by atoms with Gasteiger partial charge in [-0.25, -0.2) is 0 Å². The van der Waals surface area contributed by atoms with Crippen molar-refractivity contribution in [3.63, 3.8) is 0 Å². The summed E-state index contributed by atoms with van der Waals surface area (Å²) in [7, 11) is 0. The van der Waals surface area contributed by atoms with Crippen LogP contribution < -0.4 is 4.74 Å². The summed E-state index contributed by atoms with van der Waals surface area (Å²) in [5.74, 6) is 0.421. The smallest absolute Gasteiger partial charge is 0.293 e. The molecule has 0 unspecified atom stereocenters. The number of carbonyl (C=O) groups is 2. The van der Waals surface area contributed by atoms with Gasteiger partial charge in [0.2, 0.25) is 0 Å². The fourth-order valence-corrected chi connectivity index (χ4v) is 4.95. The Bertz CT molecular complexity index is 1160. The lowest BCUT2D eigenvalue weighted by molar-refractivity contribution is -0.123. The molecule has 162 valence electrons. The van der Waals surface area contributed by atoms with E-state index in [1.807, 2.05) is 79.7 Å². The molecule has 3 aromatic rings. The van der Waals surface area contributed by atoms with Crippen molar-refractivity contribution in [2.24, 2.45) is 0 Å². The first-order chi connectivity index (χ1) is 15.5. The highest BCUT2D eigenvalue weighted by molar-refractivity contribution is 8.18. The highest BCUT2D eigenvalue weighted by atomic mass is 35.5. The predicted octanol–water partition coefficient (Wildman–Crippen LogP) is 6.91. The molecule has 1 saturated heterocycles. The van der Waals surface area contributed by atoms with Crippen molar-refractivity contribution in [2.45, 2.75) is 16.7 Å². The molecule has 1 aliphatic heterocycles. The molecule has 0 radical (unpaired) electrons. The Kier molecular flexibility index (Phi) is 7.25. The zero-order valence-electron chi connectivity index (χ0n) is 17.3. The number of hydrogen-bond donors (Lipinski definition) is 0. The van der Waals surface area contributed by atoms with Crippen LogP contribution in [0.15, 0.2) is 87.5 Å². The number of hydrogen-bond acceptors (Lipinski definition) is 5. The molecular weight excluding hydrogens is 462 g/mol. The summed E-state index contributed by atoms with van der Waals surface area (Å²) in [4.78, 5) is 29.0. The Labute approximate surface area is 200 Å². The molecule has 4 rings (SSSR count). The molecule has 32 heavy (non-hydrogen) atoms. The predicted molar refractivity (Wildman–Crippen MR) is 131 cm³/mol. The molecule has 0 aliphatic carbocycles. The third-order valence-corrected chi connectivity index (χ3v) is 6.98. The number of halogens is 1. The van der Waals surface area contributed by atoms with Gasteiger partial charge in [0.25, 0.3) is 11.1 Å². The Morgan fingerprint density at radius 3 is 2.47 bits per heavy atom. The molecule has 3 aromatic carbocycles. The van der Waals surface area contributed by atoms with Crippen molar-refractivity contribution < 1.29 is 14.3 Å². The molecule has 0 aromatic heterocycles. The highest BCUT2D eigenvalue weighted by Crippen LogP contribution is 2.36. The van der Waals surface area contributed by atoms with Crippen LogP contribution in [0.25, 0.3) is 6.08 Å². The van der Waals surface area contributed by atoms with Gasteiger partial charge in [-0.15, -0.1) is 0 Å². The van der Waals surface area contributed by atoms with Crippen LogP contribution in [0.5, 0.6) is 5.75 Å². The summed E-state index contributed by atoms with van der Waals surface area (Å²) in [6.45, 7) is 2.46. The standard InChI is InChI=1S/C25H20ClNO3S2/c1-17-6-10-20(11-7-17)30-15-14-27-24(28)23(32-25(27)29)16-18-4-2-3-5-22(18)31-21-12-8-19(26)9-13-21/h2-13,16H,14-15H2,1H3/b23-16-. The number of nitrogens with zero attached hydrogens (tertiary/aromatic N) is 1. The van der Waals surface area contributed by atoms with Gasteiger partial charge in [-0.05, 0) is 72.8 Å². The normalized spacial score (nSPS) is 14.9. The average Bonchev–Trinajstić information content (AvgIpc) is 3.05. The molecule has 1 aliphatic rings. The van der Waals surface area contributed by atoms with E-state index < -0.39 is 0 Å². The zero-order chi connectivity index (χ0) is 22.5. The molecule has 0 bridgehead atoms. The van der Waals surface area contributed by atoms with Crippen molar-refractivity contribution in [2.75, 3.05) is 13.2 Å². The summed E-state index contributed by atoms with van der Waals surface area (Å²) in [5, 5.41) is 0.402. The van der Waals surface area contributed by atoms with Crippen molar-refractivity contribution >= 4 is 52.3 Å². The summed E-state index contributed by atoms with van der Waals surface area (Å²) in [5.41, 5.74) is 2.02. The van der Waals surface area contributed by atoms with E-state index in [1.165, 1.54) is 4.90 Å². The number of rotatable bonds is 7. The van der Waals surface area contributed by atoms with Gasteiger partial charge in [-0.1, -0.05) is 59.3 Å². The van der Waals surface area contributed by atoms with Crippen molar-refractivity contribution in [3.05, 3.63) is 93.9 Å². The van der Waals surface area contributed by atoms with Crippen molar-refractivity contribution in [1.82, 2.24) is 4.90 Å². The Morgan fingerprint density at radius 2 is 1.72 bits per heavy atom. The van der Waals surface area contributed by atoms with Crippen molar-refractivity contribution in [3.8, 4) is 5.75 Å². The molecule has 7 heteroatoms. The third kappa shape index (κ3) is 5.57. The maximum Gasteiger partial charge on any atom is 0.293 e. The number of imide groups is 1. The number of amides is 2. The topological polar surface area (TPSA) is 46.6 Å². The van der Waals surface area contributed by atoms with Gasteiger partial charge in [0, 0.05) is 14.8 Å². The van der Waals surface area contributed by atoms with Gasteiger partial charge in [-0.2, -0.15) is 0 Å². The minimum atomic E-state index is -0.293. The molecule has 4 nitrogen and oxygen atoms in total. The van der Waals surface area contributed by atoms with E-state index in [2.05, 4.69) is 0 Å². The average molecular weight is 482 g/mol. The van der Waals surface area contributed by atoms with Gasteiger partial charge in [0.15, 0.2) is 0 Å². The molecule has 0 saturated carbocycles. The van der Waals surface area contributed by atoms with E-state index in [1.54, 1.807) is 17.8 Å². The number of carbonyl (C=O) groups excluding carboxylic acids is 2. The molecule has 0 spiro atoms. The summed E-state index contributed by atoms with van der Waals surface area (Å²) >= 11 is 8.51. The number of ether oxygens (including phenoxy) is 1. The van der Waals surface area contributed by atoms with Gasteiger partial charge in [-0.3, -0.25) is 14.5 Å².